The molecule has 3 nitrogen and oxygen atoms in total. The lowest BCUT2D eigenvalue weighted by molar-refractivity contribution is 0.134. The summed E-state index contributed by atoms with van der Waals surface area (Å²) in [5, 5.41) is 3.63. The van der Waals surface area contributed by atoms with Crippen LogP contribution < -0.4 is 5.32 Å². The van der Waals surface area contributed by atoms with Crippen LogP contribution in [0.25, 0.3) is 0 Å². The zero-order valence-corrected chi connectivity index (χ0v) is 9.81. The Balaban J connectivity index is 2.43. The van der Waals surface area contributed by atoms with Crippen LogP contribution in [0, 0.1) is 0 Å². The fraction of sp³-hybridized carbons (Fsp3) is 1.00. The molecule has 0 aromatic rings. The zero-order valence-electron chi connectivity index (χ0n) is 9.81. The number of nitrogens with zero attached hydrogens (tertiary/aromatic N) is 1. The summed E-state index contributed by atoms with van der Waals surface area (Å²) < 4.78 is 5.13. The van der Waals surface area contributed by atoms with Crippen LogP contribution in [-0.4, -0.2) is 50.3 Å². The fourth-order valence-corrected chi connectivity index (χ4v) is 1.97. The molecule has 1 atom stereocenters. The lowest BCUT2D eigenvalue weighted by atomic mass is 9.99. The molecule has 1 aliphatic rings. The highest BCUT2D eigenvalue weighted by atomic mass is 16.5. The third kappa shape index (κ3) is 3.56. The summed E-state index contributed by atoms with van der Waals surface area (Å²) in [7, 11) is 1.77. The summed E-state index contributed by atoms with van der Waals surface area (Å²) in [5.74, 6) is 0. The summed E-state index contributed by atoms with van der Waals surface area (Å²) in [6, 6.07) is 0. The Hall–Kier alpha value is -0.120. The molecule has 1 fully saturated rings. The highest BCUT2D eigenvalue weighted by molar-refractivity contribution is 4.87. The van der Waals surface area contributed by atoms with Crippen molar-refractivity contribution in [3.05, 3.63) is 0 Å². The van der Waals surface area contributed by atoms with Gasteiger partial charge in [0.15, 0.2) is 0 Å². The fourth-order valence-electron chi connectivity index (χ4n) is 1.97. The molecule has 0 saturated carbocycles. The maximum atomic E-state index is 5.13. The van der Waals surface area contributed by atoms with Crippen LogP contribution in [0.4, 0.5) is 0 Å². The summed E-state index contributed by atoms with van der Waals surface area (Å²) in [6.07, 6.45) is 2.44. The van der Waals surface area contributed by atoms with Gasteiger partial charge >= 0.3 is 0 Å². The van der Waals surface area contributed by atoms with Gasteiger partial charge in [-0.15, -0.1) is 0 Å². The summed E-state index contributed by atoms with van der Waals surface area (Å²) in [4.78, 5) is 2.51. The van der Waals surface area contributed by atoms with Gasteiger partial charge < -0.3 is 10.1 Å². The number of hydrogen-bond donors (Lipinski definition) is 1. The minimum Gasteiger partial charge on any atom is -0.383 e. The summed E-state index contributed by atoms with van der Waals surface area (Å²) in [5.41, 5.74) is 0.296. The third-order valence-corrected chi connectivity index (χ3v) is 3.17. The van der Waals surface area contributed by atoms with Crippen molar-refractivity contribution in [1.82, 2.24) is 10.2 Å². The first-order valence-corrected chi connectivity index (χ1v) is 5.66. The van der Waals surface area contributed by atoms with E-state index in [0.29, 0.717) is 5.54 Å². The quantitative estimate of drug-likeness (QED) is 0.735. The first kappa shape index (κ1) is 12.0. The number of rotatable bonds is 4. The number of nitrogens with one attached hydrogen (secondary N) is 1. The first-order chi connectivity index (χ1) is 6.70. The van der Waals surface area contributed by atoms with Gasteiger partial charge in [0.1, 0.15) is 0 Å². The lowest BCUT2D eigenvalue weighted by Crippen LogP contribution is -2.49. The van der Waals surface area contributed by atoms with E-state index in [1.807, 2.05) is 0 Å². The lowest BCUT2D eigenvalue weighted by Gasteiger charge is -2.32. The highest BCUT2D eigenvalue weighted by Gasteiger charge is 2.26. The minimum atomic E-state index is 0.296. The Morgan fingerprint density at radius 1 is 1.50 bits per heavy atom. The molecule has 1 rings (SSSR count). The Kier molecular flexibility index (Phi) is 4.85. The van der Waals surface area contributed by atoms with Crippen molar-refractivity contribution < 1.29 is 4.74 Å². The van der Waals surface area contributed by atoms with E-state index in [1.54, 1.807) is 7.11 Å². The van der Waals surface area contributed by atoms with Crippen LogP contribution in [-0.2, 0) is 4.74 Å². The molecule has 84 valence electrons. The topological polar surface area (TPSA) is 24.5 Å². The molecular formula is C11H24N2O. The molecule has 1 unspecified atom stereocenters. The van der Waals surface area contributed by atoms with Crippen molar-refractivity contribution in [3.63, 3.8) is 0 Å². The van der Waals surface area contributed by atoms with Crippen molar-refractivity contribution >= 4 is 0 Å². The number of ether oxygens (including phenoxy) is 1. The molecule has 1 N–H and O–H groups in total. The van der Waals surface area contributed by atoms with E-state index in [1.165, 1.54) is 19.4 Å². The second kappa shape index (κ2) is 5.69. The van der Waals surface area contributed by atoms with E-state index in [0.717, 1.165) is 26.2 Å². The zero-order chi connectivity index (χ0) is 10.4. The van der Waals surface area contributed by atoms with Crippen molar-refractivity contribution in [1.29, 1.82) is 0 Å². The molecule has 14 heavy (non-hydrogen) atoms. The van der Waals surface area contributed by atoms with Crippen molar-refractivity contribution in [2.75, 3.05) is 39.9 Å². The van der Waals surface area contributed by atoms with Gasteiger partial charge in [0.25, 0.3) is 0 Å². The van der Waals surface area contributed by atoms with Crippen LogP contribution in [0.5, 0.6) is 0 Å². The van der Waals surface area contributed by atoms with E-state index in [-0.39, 0.29) is 0 Å². The average Bonchev–Trinajstić information content (AvgIpc) is 2.38. The van der Waals surface area contributed by atoms with Gasteiger partial charge in [0.05, 0.1) is 6.61 Å². The maximum Gasteiger partial charge on any atom is 0.0589 e. The van der Waals surface area contributed by atoms with Gasteiger partial charge in [-0.2, -0.15) is 0 Å². The molecule has 1 aliphatic heterocycles. The summed E-state index contributed by atoms with van der Waals surface area (Å²) >= 11 is 0. The monoisotopic (exact) mass is 200 g/mol. The second-order valence-electron chi connectivity index (χ2n) is 4.46. The summed E-state index contributed by atoms with van der Waals surface area (Å²) in [6.45, 7) is 9.98. The van der Waals surface area contributed by atoms with E-state index < -0.39 is 0 Å². The molecule has 1 heterocycles. The van der Waals surface area contributed by atoms with E-state index >= 15 is 0 Å². The van der Waals surface area contributed by atoms with E-state index in [4.69, 9.17) is 4.74 Å². The Labute approximate surface area is 87.8 Å². The Morgan fingerprint density at radius 2 is 2.29 bits per heavy atom. The van der Waals surface area contributed by atoms with E-state index in [2.05, 4.69) is 24.1 Å². The first-order valence-electron chi connectivity index (χ1n) is 5.66. The molecule has 0 amide bonds. The van der Waals surface area contributed by atoms with Crippen molar-refractivity contribution in [2.45, 2.75) is 32.2 Å². The van der Waals surface area contributed by atoms with Crippen LogP contribution >= 0.6 is 0 Å². The molecule has 3 heteroatoms. The standard InChI is InChI=1S/C11H24N2O/c1-4-11(2)10-13(8-9-14-3)7-5-6-12-11/h12H,4-10H2,1-3H3. The largest absolute Gasteiger partial charge is 0.383 e. The van der Waals surface area contributed by atoms with Crippen LogP contribution in [0.2, 0.25) is 0 Å². The molecule has 0 bridgehead atoms. The molecular weight excluding hydrogens is 176 g/mol. The van der Waals surface area contributed by atoms with Gasteiger partial charge in [0, 0.05) is 25.7 Å². The smallest absolute Gasteiger partial charge is 0.0589 e. The maximum absolute atomic E-state index is 5.13. The van der Waals surface area contributed by atoms with Gasteiger partial charge in [-0.25, -0.2) is 0 Å². The predicted octanol–water partition coefficient (Wildman–Crippen LogP) is 1.10. The van der Waals surface area contributed by atoms with Gasteiger partial charge in [-0.05, 0) is 32.9 Å². The molecule has 0 radical (unpaired) electrons. The third-order valence-electron chi connectivity index (χ3n) is 3.17. The predicted molar refractivity (Wildman–Crippen MR) is 59.6 cm³/mol. The highest BCUT2D eigenvalue weighted by Crippen LogP contribution is 2.14. The number of methoxy groups -OCH3 is 1. The van der Waals surface area contributed by atoms with Crippen LogP contribution in [0.3, 0.4) is 0 Å². The minimum absolute atomic E-state index is 0.296. The molecule has 0 spiro atoms. The van der Waals surface area contributed by atoms with Crippen molar-refractivity contribution in [3.8, 4) is 0 Å². The van der Waals surface area contributed by atoms with Gasteiger partial charge in [-0.3, -0.25) is 4.90 Å². The normalized spacial score (nSPS) is 30.2. The van der Waals surface area contributed by atoms with Crippen LogP contribution in [0.15, 0.2) is 0 Å². The molecule has 0 aromatic heterocycles. The average molecular weight is 200 g/mol. The van der Waals surface area contributed by atoms with Gasteiger partial charge in [-0.1, -0.05) is 6.92 Å². The number of hydrogen-bond acceptors (Lipinski definition) is 3. The van der Waals surface area contributed by atoms with Crippen LogP contribution in [0.1, 0.15) is 26.7 Å². The van der Waals surface area contributed by atoms with E-state index in [9.17, 15) is 0 Å². The second-order valence-corrected chi connectivity index (χ2v) is 4.46. The molecule has 0 aliphatic carbocycles. The SMILES string of the molecule is CCC1(C)CN(CCOC)CCCN1. The van der Waals surface area contributed by atoms with Crippen molar-refractivity contribution in [2.24, 2.45) is 0 Å². The van der Waals surface area contributed by atoms with Gasteiger partial charge in [0.2, 0.25) is 0 Å². The molecule has 0 aromatic carbocycles. The Bertz CT molecular complexity index is 163. The Morgan fingerprint density at radius 3 is 2.93 bits per heavy atom. The molecule has 1 saturated heterocycles.